The summed E-state index contributed by atoms with van der Waals surface area (Å²) in [6.45, 7) is 8.56. The number of anilines is 1. The molecule has 1 aliphatic rings. The highest BCUT2D eigenvalue weighted by Crippen LogP contribution is 2.29. The molecule has 0 aromatic heterocycles. The van der Waals surface area contributed by atoms with E-state index in [1.807, 2.05) is 12.1 Å². The van der Waals surface area contributed by atoms with Gasteiger partial charge in [0.15, 0.2) is 0 Å². The highest BCUT2D eigenvalue weighted by atomic mass is 19.1. The van der Waals surface area contributed by atoms with Crippen molar-refractivity contribution in [2.24, 2.45) is 11.8 Å². The Bertz CT molecular complexity index is 452. The number of piperidine rings is 1. The van der Waals surface area contributed by atoms with Crippen LogP contribution in [0, 0.1) is 17.7 Å². The second kappa shape index (κ2) is 7.76. The van der Waals surface area contributed by atoms with Crippen LogP contribution in [0.2, 0.25) is 0 Å². The Morgan fingerprint density at radius 2 is 2.14 bits per heavy atom. The molecule has 1 N–H and O–H groups in total. The summed E-state index contributed by atoms with van der Waals surface area (Å²) in [6.07, 6.45) is 1.14. The molecule has 0 radical (unpaired) electrons. The van der Waals surface area contributed by atoms with E-state index in [2.05, 4.69) is 24.1 Å². The summed E-state index contributed by atoms with van der Waals surface area (Å²) < 4.78 is 19.3. The number of methoxy groups -OCH3 is 1. The first kappa shape index (κ1) is 16.2. The fourth-order valence-corrected chi connectivity index (χ4v) is 2.81. The highest BCUT2D eigenvalue weighted by molar-refractivity contribution is 5.49. The van der Waals surface area contributed by atoms with Crippen LogP contribution in [0.3, 0.4) is 0 Å². The number of halogens is 1. The number of nitrogens with zero attached hydrogens (tertiary/aromatic N) is 1. The molecule has 1 fully saturated rings. The topological polar surface area (TPSA) is 24.5 Å². The molecular formula is C17H27FN2O. The van der Waals surface area contributed by atoms with Crippen molar-refractivity contribution in [1.29, 1.82) is 0 Å². The highest BCUT2D eigenvalue weighted by Gasteiger charge is 2.24. The standard InChI is InChI=1S/C17H27FN2O/c1-13-6-8-20(12-14(13)2)17-5-4-15(10-16(17)18)11-19-7-9-21-3/h4-5,10,13-14,19H,6-9,11-12H2,1-3H3. The van der Waals surface area contributed by atoms with Crippen LogP contribution in [-0.2, 0) is 11.3 Å². The zero-order chi connectivity index (χ0) is 15.2. The summed E-state index contributed by atoms with van der Waals surface area (Å²) in [5, 5.41) is 3.24. The second-order valence-corrected chi connectivity index (χ2v) is 6.14. The van der Waals surface area contributed by atoms with Crippen molar-refractivity contribution in [2.75, 3.05) is 38.3 Å². The molecule has 0 spiro atoms. The van der Waals surface area contributed by atoms with Gasteiger partial charge in [-0.3, -0.25) is 0 Å². The number of nitrogens with one attached hydrogen (secondary N) is 1. The first-order valence-electron chi connectivity index (χ1n) is 7.85. The average Bonchev–Trinajstić information content (AvgIpc) is 2.47. The summed E-state index contributed by atoms with van der Waals surface area (Å²) >= 11 is 0. The Morgan fingerprint density at radius 1 is 1.33 bits per heavy atom. The molecule has 0 aliphatic carbocycles. The van der Waals surface area contributed by atoms with Crippen molar-refractivity contribution >= 4 is 5.69 Å². The third-order valence-electron chi connectivity index (χ3n) is 4.50. The zero-order valence-corrected chi connectivity index (χ0v) is 13.4. The van der Waals surface area contributed by atoms with E-state index in [4.69, 9.17) is 4.74 Å². The van der Waals surface area contributed by atoms with Crippen LogP contribution in [0.25, 0.3) is 0 Å². The maximum atomic E-state index is 14.3. The Kier molecular flexibility index (Phi) is 6.00. The van der Waals surface area contributed by atoms with Crippen LogP contribution in [0.1, 0.15) is 25.8 Å². The van der Waals surface area contributed by atoms with E-state index in [0.29, 0.717) is 19.1 Å². The Hall–Kier alpha value is -1.13. The van der Waals surface area contributed by atoms with Gasteiger partial charge in [-0.1, -0.05) is 19.9 Å². The molecule has 2 unspecified atom stereocenters. The van der Waals surface area contributed by atoms with Gasteiger partial charge in [-0.05, 0) is 36.0 Å². The molecule has 1 aliphatic heterocycles. The lowest BCUT2D eigenvalue weighted by Gasteiger charge is -2.37. The first-order valence-corrected chi connectivity index (χ1v) is 7.85. The summed E-state index contributed by atoms with van der Waals surface area (Å²) in [5.74, 6) is 1.24. The summed E-state index contributed by atoms with van der Waals surface area (Å²) in [7, 11) is 1.68. The van der Waals surface area contributed by atoms with Crippen molar-refractivity contribution in [3.8, 4) is 0 Å². The molecule has 2 rings (SSSR count). The minimum atomic E-state index is -0.109. The van der Waals surface area contributed by atoms with E-state index in [1.54, 1.807) is 13.2 Å². The van der Waals surface area contributed by atoms with Crippen LogP contribution >= 0.6 is 0 Å². The summed E-state index contributed by atoms with van der Waals surface area (Å²) in [5.41, 5.74) is 1.72. The minimum Gasteiger partial charge on any atom is -0.383 e. The van der Waals surface area contributed by atoms with Crippen LogP contribution < -0.4 is 10.2 Å². The Labute approximate surface area is 127 Å². The minimum absolute atomic E-state index is 0.109. The van der Waals surface area contributed by atoms with Crippen molar-refractivity contribution < 1.29 is 9.13 Å². The molecule has 118 valence electrons. The van der Waals surface area contributed by atoms with Gasteiger partial charge in [0.05, 0.1) is 12.3 Å². The van der Waals surface area contributed by atoms with Gasteiger partial charge in [-0.25, -0.2) is 4.39 Å². The zero-order valence-electron chi connectivity index (χ0n) is 13.4. The van der Waals surface area contributed by atoms with E-state index in [-0.39, 0.29) is 5.82 Å². The predicted molar refractivity (Wildman–Crippen MR) is 85.1 cm³/mol. The summed E-state index contributed by atoms with van der Waals surface area (Å²) in [4.78, 5) is 2.18. The third-order valence-corrected chi connectivity index (χ3v) is 4.50. The van der Waals surface area contributed by atoms with Gasteiger partial charge < -0.3 is 15.0 Å². The molecule has 0 bridgehead atoms. The molecule has 3 nitrogen and oxygen atoms in total. The van der Waals surface area contributed by atoms with Crippen LogP contribution in [0.5, 0.6) is 0 Å². The van der Waals surface area contributed by atoms with Gasteiger partial charge in [0.25, 0.3) is 0 Å². The maximum absolute atomic E-state index is 14.3. The van der Waals surface area contributed by atoms with Gasteiger partial charge >= 0.3 is 0 Å². The number of benzene rings is 1. The predicted octanol–water partition coefficient (Wildman–Crippen LogP) is 3.04. The van der Waals surface area contributed by atoms with Gasteiger partial charge in [0, 0.05) is 33.3 Å². The SMILES string of the molecule is COCCNCc1ccc(N2CCC(C)C(C)C2)c(F)c1. The number of hydrogen-bond donors (Lipinski definition) is 1. The van der Waals surface area contributed by atoms with E-state index in [1.165, 1.54) is 0 Å². The fourth-order valence-electron chi connectivity index (χ4n) is 2.81. The number of ether oxygens (including phenoxy) is 1. The van der Waals surface area contributed by atoms with E-state index >= 15 is 0 Å². The third kappa shape index (κ3) is 4.42. The largest absolute Gasteiger partial charge is 0.383 e. The fraction of sp³-hybridized carbons (Fsp3) is 0.647. The lowest BCUT2D eigenvalue weighted by Crippen LogP contribution is -2.38. The van der Waals surface area contributed by atoms with E-state index < -0.39 is 0 Å². The average molecular weight is 294 g/mol. The van der Waals surface area contributed by atoms with Crippen molar-refractivity contribution in [3.05, 3.63) is 29.6 Å². The molecule has 1 aromatic rings. The molecule has 2 atom stereocenters. The monoisotopic (exact) mass is 294 g/mol. The Morgan fingerprint density at radius 3 is 2.81 bits per heavy atom. The first-order chi connectivity index (χ1) is 10.1. The van der Waals surface area contributed by atoms with Gasteiger partial charge in [-0.15, -0.1) is 0 Å². The van der Waals surface area contributed by atoms with E-state index in [0.717, 1.165) is 43.2 Å². The molecular weight excluding hydrogens is 267 g/mol. The van der Waals surface area contributed by atoms with E-state index in [9.17, 15) is 4.39 Å². The molecule has 1 heterocycles. The van der Waals surface area contributed by atoms with Crippen molar-refractivity contribution in [1.82, 2.24) is 5.32 Å². The van der Waals surface area contributed by atoms with Crippen LogP contribution in [0.4, 0.5) is 10.1 Å². The quantitative estimate of drug-likeness (QED) is 0.816. The van der Waals surface area contributed by atoms with Gasteiger partial charge in [0.1, 0.15) is 5.82 Å². The molecule has 0 saturated carbocycles. The smallest absolute Gasteiger partial charge is 0.146 e. The number of hydrogen-bond acceptors (Lipinski definition) is 3. The molecule has 4 heteroatoms. The Balaban J connectivity index is 1.95. The van der Waals surface area contributed by atoms with Crippen LogP contribution in [-0.4, -0.2) is 33.4 Å². The lowest BCUT2D eigenvalue weighted by atomic mass is 9.88. The van der Waals surface area contributed by atoms with Crippen molar-refractivity contribution in [3.63, 3.8) is 0 Å². The second-order valence-electron chi connectivity index (χ2n) is 6.14. The van der Waals surface area contributed by atoms with Crippen molar-refractivity contribution in [2.45, 2.75) is 26.8 Å². The van der Waals surface area contributed by atoms with Gasteiger partial charge in [0.2, 0.25) is 0 Å². The maximum Gasteiger partial charge on any atom is 0.146 e. The molecule has 1 saturated heterocycles. The molecule has 0 amide bonds. The normalized spacial score (nSPS) is 22.6. The van der Waals surface area contributed by atoms with Gasteiger partial charge in [-0.2, -0.15) is 0 Å². The van der Waals surface area contributed by atoms with Crippen LogP contribution in [0.15, 0.2) is 18.2 Å². The number of rotatable bonds is 6. The summed E-state index contributed by atoms with van der Waals surface area (Å²) in [6, 6.07) is 5.59. The molecule has 1 aromatic carbocycles. The molecule has 21 heavy (non-hydrogen) atoms. The lowest BCUT2D eigenvalue weighted by molar-refractivity contribution is 0.199.